The molecule has 0 N–H and O–H groups in total. The second-order valence-electron chi connectivity index (χ2n) is 8.26. The number of ketones is 1. The van der Waals surface area contributed by atoms with Gasteiger partial charge >= 0.3 is 0 Å². The topological polar surface area (TPSA) is 50.3 Å². The van der Waals surface area contributed by atoms with Gasteiger partial charge in [0, 0.05) is 36.3 Å². The van der Waals surface area contributed by atoms with Crippen LogP contribution in [-0.4, -0.2) is 23.2 Å². The lowest BCUT2D eigenvalue weighted by Gasteiger charge is -2.22. The van der Waals surface area contributed by atoms with Gasteiger partial charge in [0.1, 0.15) is 5.82 Å². The predicted molar refractivity (Wildman–Crippen MR) is 131 cm³/mol. The minimum atomic E-state index is -0.426. The first kappa shape index (κ1) is 24.3. The number of amides is 1. The second kappa shape index (κ2) is 11.0. The van der Waals surface area contributed by atoms with E-state index in [4.69, 9.17) is 0 Å². The number of rotatable bonds is 9. The van der Waals surface area contributed by atoms with Gasteiger partial charge in [-0.15, -0.1) is 0 Å². The zero-order valence-electron chi connectivity index (χ0n) is 19.8. The van der Waals surface area contributed by atoms with Gasteiger partial charge < -0.3 is 4.90 Å². The molecule has 0 unspecified atom stereocenters. The molecule has 3 aromatic rings. The van der Waals surface area contributed by atoms with E-state index in [1.165, 1.54) is 11.0 Å². The summed E-state index contributed by atoms with van der Waals surface area (Å²) in [7, 11) is 0. The molecule has 0 radical (unpaired) electrons. The summed E-state index contributed by atoms with van der Waals surface area (Å²) < 4.78 is 14.9. The second-order valence-corrected chi connectivity index (χ2v) is 8.26. The van der Waals surface area contributed by atoms with Crippen molar-refractivity contribution in [1.82, 2.24) is 4.98 Å². The van der Waals surface area contributed by atoms with Gasteiger partial charge in [0.25, 0.3) is 0 Å². The first-order valence-electron chi connectivity index (χ1n) is 11.5. The maximum atomic E-state index is 14.9. The Morgan fingerprint density at radius 1 is 0.939 bits per heavy atom. The molecule has 0 atom stereocenters. The van der Waals surface area contributed by atoms with Crippen molar-refractivity contribution in [2.75, 3.05) is 11.4 Å². The number of pyridine rings is 1. The lowest BCUT2D eigenvalue weighted by molar-refractivity contribution is -0.118. The summed E-state index contributed by atoms with van der Waals surface area (Å²) in [6.07, 6.45) is 2.14. The molecule has 1 aromatic heterocycles. The van der Waals surface area contributed by atoms with E-state index < -0.39 is 5.82 Å². The van der Waals surface area contributed by atoms with Crippen LogP contribution in [0.5, 0.6) is 0 Å². The summed E-state index contributed by atoms with van der Waals surface area (Å²) in [6, 6.07) is 16.2. The van der Waals surface area contributed by atoms with Crippen molar-refractivity contribution < 1.29 is 14.0 Å². The van der Waals surface area contributed by atoms with E-state index >= 15 is 0 Å². The van der Waals surface area contributed by atoms with Crippen LogP contribution in [0.3, 0.4) is 0 Å². The number of aryl methyl sites for hydroxylation is 3. The van der Waals surface area contributed by atoms with Gasteiger partial charge in [-0.05, 0) is 61.6 Å². The van der Waals surface area contributed by atoms with E-state index in [2.05, 4.69) is 4.98 Å². The molecular formula is C28H31FN2O2. The summed E-state index contributed by atoms with van der Waals surface area (Å²) in [5.74, 6) is -0.454. The third kappa shape index (κ3) is 5.92. The highest BCUT2D eigenvalue weighted by atomic mass is 19.1. The third-order valence-electron chi connectivity index (χ3n) is 5.79. The van der Waals surface area contributed by atoms with Gasteiger partial charge in [0.15, 0.2) is 5.78 Å². The Balaban J connectivity index is 1.72. The molecule has 33 heavy (non-hydrogen) atoms. The van der Waals surface area contributed by atoms with E-state index in [1.54, 1.807) is 25.1 Å². The number of aromatic nitrogens is 1. The third-order valence-corrected chi connectivity index (χ3v) is 5.79. The Kier molecular flexibility index (Phi) is 8.10. The summed E-state index contributed by atoms with van der Waals surface area (Å²) in [5.41, 5.74) is 5.48. The van der Waals surface area contributed by atoms with E-state index in [1.807, 2.05) is 51.1 Å². The van der Waals surface area contributed by atoms with Gasteiger partial charge in [0.05, 0.1) is 5.69 Å². The number of hydrogen-bond acceptors (Lipinski definition) is 3. The molecule has 2 aromatic carbocycles. The van der Waals surface area contributed by atoms with Crippen LogP contribution >= 0.6 is 0 Å². The molecule has 0 fully saturated rings. The average Bonchev–Trinajstić information content (AvgIpc) is 2.81. The summed E-state index contributed by atoms with van der Waals surface area (Å²) in [6.45, 7) is 8.14. The van der Waals surface area contributed by atoms with E-state index in [0.717, 1.165) is 28.9 Å². The Morgan fingerprint density at radius 3 is 2.24 bits per heavy atom. The SMILES string of the molecule is CCCN(C(=O)CC)c1ccc(-c2ccc(C(=O)CCc3ccc(C)nc3C)cc2)cc1F. The molecule has 0 aliphatic heterocycles. The normalized spacial score (nSPS) is 10.8. The smallest absolute Gasteiger partial charge is 0.226 e. The van der Waals surface area contributed by atoms with Gasteiger partial charge in [-0.3, -0.25) is 14.6 Å². The highest BCUT2D eigenvalue weighted by Gasteiger charge is 2.17. The van der Waals surface area contributed by atoms with Crippen molar-refractivity contribution in [3.8, 4) is 11.1 Å². The molecule has 1 amide bonds. The van der Waals surface area contributed by atoms with Crippen LogP contribution < -0.4 is 4.90 Å². The lowest BCUT2D eigenvalue weighted by atomic mass is 9.98. The molecule has 3 rings (SSSR count). The standard InChI is InChI=1S/C28H31FN2O2/c1-5-17-31(28(33)6-2)26-15-13-24(18-25(26)29)22-9-11-23(12-10-22)27(32)16-14-21-8-7-19(3)30-20(21)4/h7-13,15,18H,5-6,14,16-17H2,1-4H3. The average molecular weight is 447 g/mol. The highest BCUT2D eigenvalue weighted by molar-refractivity contribution is 5.96. The van der Waals surface area contributed by atoms with Gasteiger partial charge in [-0.1, -0.05) is 50.2 Å². The Morgan fingerprint density at radius 2 is 1.64 bits per heavy atom. The van der Waals surface area contributed by atoms with Crippen LogP contribution in [0.15, 0.2) is 54.6 Å². The molecule has 0 saturated carbocycles. The minimum Gasteiger partial charge on any atom is -0.310 e. The Hall–Kier alpha value is -3.34. The number of Topliss-reactive ketones (excluding diaryl/α,β-unsaturated/α-hetero) is 1. The molecule has 0 saturated heterocycles. The number of carbonyl (C=O) groups excluding carboxylic acids is 2. The predicted octanol–water partition coefficient (Wildman–Crippen LogP) is 6.47. The fourth-order valence-corrected chi connectivity index (χ4v) is 3.92. The largest absolute Gasteiger partial charge is 0.310 e. The van der Waals surface area contributed by atoms with Gasteiger partial charge in [-0.25, -0.2) is 4.39 Å². The van der Waals surface area contributed by atoms with Crippen molar-refractivity contribution in [1.29, 1.82) is 0 Å². The summed E-state index contributed by atoms with van der Waals surface area (Å²) >= 11 is 0. The molecule has 4 nitrogen and oxygen atoms in total. The fourth-order valence-electron chi connectivity index (χ4n) is 3.92. The maximum absolute atomic E-state index is 14.9. The number of halogens is 1. The molecule has 0 aliphatic rings. The highest BCUT2D eigenvalue weighted by Crippen LogP contribution is 2.28. The van der Waals surface area contributed by atoms with Crippen LogP contribution in [0.1, 0.15) is 60.4 Å². The van der Waals surface area contributed by atoms with Crippen molar-refractivity contribution in [3.63, 3.8) is 0 Å². The van der Waals surface area contributed by atoms with E-state index in [0.29, 0.717) is 42.6 Å². The fraction of sp³-hybridized carbons (Fsp3) is 0.321. The lowest BCUT2D eigenvalue weighted by Crippen LogP contribution is -2.31. The van der Waals surface area contributed by atoms with Crippen LogP contribution in [0.4, 0.5) is 10.1 Å². The molecule has 5 heteroatoms. The molecule has 1 heterocycles. The van der Waals surface area contributed by atoms with E-state index in [9.17, 15) is 14.0 Å². The van der Waals surface area contributed by atoms with Crippen molar-refractivity contribution in [3.05, 3.63) is 82.9 Å². The van der Waals surface area contributed by atoms with Crippen LogP contribution in [0.2, 0.25) is 0 Å². The van der Waals surface area contributed by atoms with Crippen molar-refractivity contribution >= 4 is 17.4 Å². The molecule has 0 spiro atoms. The zero-order chi connectivity index (χ0) is 24.0. The summed E-state index contributed by atoms with van der Waals surface area (Å²) in [4.78, 5) is 30.8. The minimum absolute atomic E-state index is 0.0661. The zero-order valence-corrected chi connectivity index (χ0v) is 19.8. The molecule has 172 valence electrons. The molecule has 0 aliphatic carbocycles. The van der Waals surface area contributed by atoms with Crippen LogP contribution in [0.25, 0.3) is 11.1 Å². The Labute approximate surface area is 195 Å². The number of carbonyl (C=O) groups is 2. The van der Waals surface area contributed by atoms with Crippen LogP contribution in [-0.2, 0) is 11.2 Å². The molecular weight excluding hydrogens is 415 g/mol. The first-order valence-corrected chi connectivity index (χ1v) is 11.5. The number of hydrogen-bond donors (Lipinski definition) is 0. The quantitative estimate of drug-likeness (QED) is 0.354. The van der Waals surface area contributed by atoms with Crippen LogP contribution in [0, 0.1) is 19.7 Å². The Bertz CT molecular complexity index is 1140. The first-order chi connectivity index (χ1) is 15.8. The van der Waals surface area contributed by atoms with Crippen molar-refractivity contribution in [2.45, 2.75) is 53.4 Å². The number of benzene rings is 2. The van der Waals surface area contributed by atoms with Gasteiger partial charge in [0.2, 0.25) is 5.91 Å². The summed E-state index contributed by atoms with van der Waals surface area (Å²) in [5, 5.41) is 0. The van der Waals surface area contributed by atoms with Gasteiger partial charge in [-0.2, -0.15) is 0 Å². The number of nitrogens with zero attached hydrogens (tertiary/aromatic N) is 2. The number of anilines is 1. The van der Waals surface area contributed by atoms with E-state index in [-0.39, 0.29) is 11.7 Å². The maximum Gasteiger partial charge on any atom is 0.226 e. The monoisotopic (exact) mass is 446 g/mol. The van der Waals surface area contributed by atoms with Crippen molar-refractivity contribution in [2.24, 2.45) is 0 Å². The molecule has 0 bridgehead atoms.